The zero-order valence-electron chi connectivity index (χ0n) is 14.7. The molecule has 5 heteroatoms. The van der Waals surface area contributed by atoms with Crippen molar-refractivity contribution in [3.8, 4) is 5.75 Å². The number of rotatable bonds is 5. The third kappa shape index (κ3) is 4.61. The van der Waals surface area contributed by atoms with Crippen molar-refractivity contribution in [2.45, 2.75) is 19.6 Å². The zero-order chi connectivity index (χ0) is 17.7. The van der Waals surface area contributed by atoms with Gasteiger partial charge in [0.1, 0.15) is 17.8 Å². The van der Waals surface area contributed by atoms with Crippen LogP contribution in [0.2, 0.25) is 19.6 Å². The average Bonchev–Trinajstić information content (AvgIpc) is 2.61. The van der Waals surface area contributed by atoms with Crippen LogP contribution < -0.4 is 4.43 Å². The lowest BCUT2D eigenvalue weighted by Gasteiger charge is -2.20. The summed E-state index contributed by atoms with van der Waals surface area (Å²) in [5.41, 5.74) is 3.53. The molecule has 25 heavy (non-hydrogen) atoms. The number of aromatic nitrogens is 2. The van der Waals surface area contributed by atoms with E-state index in [1.165, 1.54) is 6.33 Å². The molecule has 3 rings (SSSR count). The van der Waals surface area contributed by atoms with Gasteiger partial charge in [0.25, 0.3) is 0 Å². The number of para-hydroxylation sites is 2. The summed E-state index contributed by atoms with van der Waals surface area (Å²) < 4.78 is 6.21. The van der Waals surface area contributed by atoms with Gasteiger partial charge in [0, 0.05) is 23.5 Å². The predicted octanol–water partition coefficient (Wildman–Crippen LogP) is 4.86. The van der Waals surface area contributed by atoms with Crippen LogP contribution in [0.25, 0.3) is 0 Å². The molecular weight excluding hydrogens is 326 g/mol. The highest BCUT2D eigenvalue weighted by atomic mass is 28.4. The lowest BCUT2D eigenvalue weighted by molar-refractivity contribution is 0.559. The Balaban J connectivity index is 2.12. The van der Waals surface area contributed by atoms with E-state index in [-0.39, 0.29) is 0 Å². The fourth-order valence-electron chi connectivity index (χ4n) is 2.40. The number of aliphatic imine (C=N–C) groups is 1. The van der Waals surface area contributed by atoms with E-state index in [9.17, 15) is 0 Å². The number of benzene rings is 2. The molecule has 3 aromatic rings. The summed E-state index contributed by atoms with van der Waals surface area (Å²) in [6.07, 6.45) is 5.08. The minimum atomic E-state index is -1.73. The second-order valence-electron chi connectivity index (χ2n) is 6.64. The van der Waals surface area contributed by atoms with Gasteiger partial charge in [-0.3, -0.25) is 0 Å². The number of nitrogens with zero attached hydrogens (tertiary/aromatic N) is 3. The molecule has 0 N–H and O–H groups in total. The van der Waals surface area contributed by atoms with E-state index in [2.05, 4.69) is 29.6 Å². The third-order valence-electron chi connectivity index (χ3n) is 3.39. The van der Waals surface area contributed by atoms with Crippen molar-refractivity contribution in [2.75, 3.05) is 0 Å². The molecule has 0 fully saturated rings. The van der Waals surface area contributed by atoms with Crippen LogP contribution in [0.15, 0.2) is 78.3 Å². The summed E-state index contributed by atoms with van der Waals surface area (Å²) >= 11 is 0. The first kappa shape index (κ1) is 17.0. The zero-order valence-corrected chi connectivity index (χ0v) is 15.7. The summed E-state index contributed by atoms with van der Waals surface area (Å²) in [5, 5.41) is 0. The molecule has 1 aromatic heterocycles. The van der Waals surface area contributed by atoms with Crippen LogP contribution in [0.3, 0.4) is 0 Å². The first-order valence-corrected chi connectivity index (χ1v) is 11.6. The molecule has 0 atom stereocenters. The first-order valence-electron chi connectivity index (χ1n) is 8.20. The van der Waals surface area contributed by atoms with Crippen LogP contribution in [0.4, 0.5) is 5.69 Å². The molecule has 0 amide bonds. The minimum absolute atomic E-state index is 0.812. The van der Waals surface area contributed by atoms with Crippen molar-refractivity contribution in [1.82, 2.24) is 9.97 Å². The summed E-state index contributed by atoms with van der Waals surface area (Å²) in [6.45, 7) is 6.49. The molecule has 0 aliphatic carbocycles. The fourth-order valence-corrected chi connectivity index (χ4v) is 3.23. The lowest BCUT2D eigenvalue weighted by Crippen LogP contribution is -2.29. The topological polar surface area (TPSA) is 47.4 Å². The molecule has 1 heterocycles. The standard InChI is InChI=1S/C20H21N3OSi/c1-25(2,3)24-19-12-8-7-11-18(19)23-20(16-9-5-4-6-10-16)17-13-21-15-22-14-17/h4-15H,1-3H3. The van der Waals surface area contributed by atoms with Gasteiger partial charge in [0.05, 0.1) is 5.71 Å². The molecule has 0 radical (unpaired) electrons. The Morgan fingerprint density at radius 2 is 1.48 bits per heavy atom. The fraction of sp³-hybridized carbons (Fsp3) is 0.150. The van der Waals surface area contributed by atoms with Gasteiger partial charge in [-0.25, -0.2) is 15.0 Å². The van der Waals surface area contributed by atoms with Crippen molar-refractivity contribution in [1.29, 1.82) is 0 Å². The summed E-state index contributed by atoms with van der Waals surface area (Å²) in [4.78, 5) is 13.2. The Kier molecular flexibility index (Phi) is 5.05. The van der Waals surface area contributed by atoms with Crippen molar-refractivity contribution >= 4 is 19.7 Å². The molecule has 0 saturated carbocycles. The molecule has 126 valence electrons. The molecule has 0 aliphatic rings. The van der Waals surface area contributed by atoms with Gasteiger partial charge in [0.15, 0.2) is 0 Å². The van der Waals surface area contributed by atoms with E-state index >= 15 is 0 Å². The van der Waals surface area contributed by atoms with Gasteiger partial charge >= 0.3 is 0 Å². The second kappa shape index (κ2) is 7.40. The summed E-state index contributed by atoms with van der Waals surface area (Å²) in [6, 6.07) is 18.0. The summed E-state index contributed by atoms with van der Waals surface area (Å²) in [5.74, 6) is 0.812. The van der Waals surface area contributed by atoms with E-state index < -0.39 is 8.32 Å². The van der Waals surface area contributed by atoms with Crippen LogP contribution in [-0.2, 0) is 0 Å². The molecule has 0 spiro atoms. The summed E-state index contributed by atoms with van der Waals surface area (Å²) in [7, 11) is -1.73. The Labute approximate surface area is 149 Å². The smallest absolute Gasteiger partial charge is 0.242 e. The maximum atomic E-state index is 6.21. The lowest BCUT2D eigenvalue weighted by atomic mass is 10.0. The highest BCUT2D eigenvalue weighted by molar-refractivity contribution is 6.70. The molecule has 0 saturated heterocycles. The van der Waals surface area contributed by atoms with E-state index in [4.69, 9.17) is 9.42 Å². The molecule has 2 aromatic carbocycles. The van der Waals surface area contributed by atoms with Gasteiger partial charge in [-0.15, -0.1) is 0 Å². The first-order chi connectivity index (χ1) is 12.0. The number of hydrogen-bond donors (Lipinski definition) is 0. The predicted molar refractivity (Wildman–Crippen MR) is 104 cm³/mol. The van der Waals surface area contributed by atoms with Gasteiger partial charge < -0.3 is 4.43 Å². The maximum Gasteiger partial charge on any atom is 0.242 e. The van der Waals surface area contributed by atoms with Gasteiger partial charge in [-0.1, -0.05) is 42.5 Å². The van der Waals surface area contributed by atoms with Crippen LogP contribution >= 0.6 is 0 Å². The Bertz CT molecular complexity index is 817. The van der Waals surface area contributed by atoms with Crippen LogP contribution in [-0.4, -0.2) is 24.0 Å². The van der Waals surface area contributed by atoms with E-state index in [1.54, 1.807) is 12.4 Å². The number of hydrogen-bond acceptors (Lipinski definition) is 4. The highest BCUT2D eigenvalue weighted by Crippen LogP contribution is 2.30. The Hall–Kier alpha value is -2.79. The SMILES string of the molecule is C[Si](C)(C)Oc1ccccc1N=C(c1ccccc1)c1cncnc1. The molecular formula is C20H21N3OSi. The Morgan fingerprint density at radius 1 is 0.840 bits per heavy atom. The van der Waals surface area contributed by atoms with Crippen molar-refractivity contribution in [3.05, 3.63) is 84.4 Å². The van der Waals surface area contributed by atoms with Crippen molar-refractivity contribution < 1.29 is 4.43 Å². The quantitative estimate of drug-likeness (QED) is 0.489. The molecule has 0 unspecified atom stereocenters. The molecule has 0 aliphatic heterocycles. The van der Waals surface area contributed by atoms with Crippen LogP contribution in [0.1, 0.15) is 11.1 Å². The van der Waals surface area contributed by atoms with E-state index in [0.717, 1.165) is 28.3 Å². The second-order valence-corrected chi connectivity index (χ2v) is 11.1. The Morgan fingerprint density at radius 3 is 2.16 bits per heavy atom. The van der Waals surface area contributed by atoms with Gasteiger partial charge in [-0.2, -0.15) is 0 Å². The largest absolute Gasteiger partial charge is 0.543 e. The van der Waals surface area contributed by atoms with Crippen molar-refractivity contribution in [2.24, 2.45) is 4.99 Å². The maximum absolute atomic E-state index is 6.21. The van der Waals surface area contributed by atoms with Crippen LogP contribution in [0, 0.1) is 0 Å². The van der Waals surface area contributed by atoms with E-state index in [0.29, 0.717) is 0 Å². The van der Waals surface area contributed by atoms with Crippen molar-refractivity contribution in [3.63, 3.8) is 0 Å². The molecule has 4 nitrogen and oxygen atoms in total. The molecule has 0 bridgehead atoms. The van der Waals surface area contributed by atoms with Gasteiger partial charge in [-0.05, 0) is 31.8 Å². The normalized spacial score (nSPS) is 12.0. The monoisotopic (exact) mass is 347 g/mol. The highest BCUT2D eigenvalue weighted by Gasteiger charge is 2.18. The minimum Gasteiger partial charge on any atom is -0.543 e. The van der Waals surface area contributed by atoms with E-state index in [1.807, 2.05) is 54.6 Å². The average molecular weight is 347 g/mol. The third-order valence-corrected chi connectivity index (χ3v) is 4.23. The van der Waals surface area contributed by atoms with Gasteiger partial charge in [0.2, 0.25) is 8.32 Å². The van der Waals surface area contributed by atoms with Crippen LogP contribution in [0.5, 0.6) is 5.75 Å².